The predicted molar refractivity (Wildman–Crippen MR) is 42.4 cm³/mol. The fourth-order valence-electron chi connectivity index (χ4n) is 1.00. The number of aryl methyl sites for hydroxylation is 1. The highest BCUT2D eigenvalue weighted by Gasteiger charge is 2.04. The number of hydrogen-bond acceptors (Lipinski definition) is 3. The minimum Gasteiger partial charge on any atom is -0.274 e. The summed E-state index contributed by atoms with van der Waals surface area (Å²) in [4.78, 5) is 34.5. The fraction of sp³-hybridized carbons (Fsp3) is 0.286. The van der Waals surface area contributed by atoms with Crippen molar-refractivity contribution >= 4 is 5.91 Å². The molecule has 5 heteroatoms. The van der Waals surface area contributed by atoms with E-state index in [0.29, 0.717) is 5.69 Å². The molecule has 1 aromatic heterocycles. The van der Waals surface area contributed by atoms with Crippen molar-refractivity contribution in [2.45, 2.75) is 13.8 Å². The molecule has 0 amide bonds. The first kappa shape index (κ1) is 8.45. The normalized spacial score (nSPS) is 9.83. The zero-order chi connectivity index (χ0) is 9.30. The van der Waals surface area contributed by atoms with E-state index in [1.807, 2.05) is 4.98 Å². The number of rotatable bonds is 0. The number of carbonyl (C=O) groups is 1. The van der Waals surface area contributed by atoms with Crippen molar-refractivity contribution in [2.75, 3.05) is 0 Å². The summed E-state index contributed by atoms with van der Waals surface area (Å²) in [5, 5.41) is 0. The molecule has 0 saturated carbocycles. The second kappa shape index (κ2) is 2.77. The van der Waals surface area contributed by atoms with Gasteiger partial charge < -0.3 is 0 Å². The third-order valence-corrected chi connectivity index (χ3v) is 1.44. The Balaban J connectivity index is 3.60. The molecule has 0 atom stereocenters. The summed E-state index contributed by atoms with van der Waals surface area (Å²) in [6, 6.07) is 1.20. The summed E-state index contributed by atoms with van der Waals surface area (Å²) in [6.07, 6.45) is 0. The van der Waals surface area contributed by atoms with Crippen LogP contribution in [0.3, 0.4) is 0 Å². The lowest BCUT2D eigenvalue weighted by molar-refractivity contribution is 0.0928. The number of nitrogens with one attached hydrogen (secondary N) is 1. The van der Waals surface area contributed by atoms with Crippen LogP contribution in [0, 0.1) is 6.92 Å². The third-order valence-electron chi connectivity index (χ3n) is 1.44. The average molecular weight is 168 g/mol. The monoisotopic (exact) mass is 168 g/mol. The predicted octanol–water partition coefficient (Wildman–Crippen LogP) is -0.495. The molecule has 0 bridgehead atoms. The second-order valence-electron chi connectivity index (χ2n) is 2.43. The first-order valence-electron chi connectivity index (χ1n) is 3.36. The van der Waals surface area contributed by atoms with Crippen LogP contribution in [0.25, 0.3) is 0 Å². The van der Waals surface area contributed by atoms with E-state index >= 15 is 0 Å². The molecule has 1 aromatic rings. The molecule has 0 aliphatic rings. The minimum atomic E-state index is -0.687. The first-order valence-corrected chi connectivity index (χ1v) is 3.36. The van der Waals surface area contributed by atoms with Gasteiger partial charge in [-0.3, -0.25) is 14.6 Å². The van der Waals surface area contributed by atoms with Crippen LogP contribution in [-0.4, -0.2) is 15.5 Å². The quantitative estimate of drug-likeness (QED) is 0.567. The smallest absolute Gasteiger partial charge is 0.274 e. The largest absolute Gasteiger partial charge is 0.335 e. The van der Waals surface area contributed by atoms with E-state index in [1.165, 1.54) is 19.9 Å². The molecule has 0 aliphatic carbocycles. The molecule has 0 fully saturated rings. The Bertz CT molecular complexity index is 427. The van der Waals surface area contributed by atoms with Crippen molar-refractivity contribution in [3.63, 3.8) is 0 Å². The maximum Gasteiger partial charge on any atom is 0.335 e. The summed E-state index contributed by atoms with van der Waals surface area (Å²) in [6.45, 7) is 2.78. The number of hydrogen-bond donors (Lipinski definition) is 1. The Morgan fingerprint density at radius 1 is 1.50 bits per heavy atom. The van der Waals surface area contributed by atoms with E-state index in [4.69, 9.17) is 0 Å². The summed E-state index contributed by atoms with van der Waals surface area (Å²) >= 11 is 0. The van der Waals surface area contributed by atoms with Gasteiger partial charge >= 0.3 is 5.69 Å². The highest BCUT2D eigenvalue weighted by atomic mass is 16.2. The number of nitrogens with zero attached hydrogens (tertiary/aromatic N) is 1. The van der Waals surface area contributed by atoms with E-state index < -0.39 is 17.2 Å². The lowest BCUT2D eigenvalue weighted by Gasteiger charge is -2.01. The van der Waals surface area contributed by atoms with E-state index in [9.17, 15) is 14.4 Å². The van der Waals surface area contributed by atoms with Crippen LogP contribution in [-0.2, 0) is 0 Å². The van der Waals surface area contributed by atoms with Gasteiger partial charge in [-0.1, -0.05) is 0 Å². The zero-order valence-corrected chi connectivity index (χ0v) is 6.75. The van der Waals surface area contributed by atoms with Crippen LogP contribution in [0.2, 0.25) is 0 Å². The number of aromatic nitrogens is 2. The molecule has 0 aromatic carbocycles. The van der Waals surface area contributed by atoms with Crippen LogP contribution in [0.5, 0.6) is 0 Å². The first-order chi connectivity index (χ1) is 5.52. The van der Waals surface area contributed by atoms with Gasteiger partial charge in [-0.15, -0.1) is 0 Å². The van der Waals surface area contributed by atoms with E-state index in [1.54, 1.807) is 0 Å². The van der Waals surface area contributed by atoms with Gasteiger partial charge in [0.05, 0.1) is 0 Å². The number of H-pyrrole nitrogens is 1. The molecule has 0 saturated heterocycles. The highest BCUT2D eigenvalue weighted by Crippen LogP contribution is 1.86. The molecule has 64 valence electrons. The standard InChI is InChI=1S/C7H8N2O3/c1-4-3-6(11)8-7(12)9(4)5(2)10/h3H,1-2H3,(H,8,11,12). The molecule has 0 radical (unpaired) electrons. The van der Waals surface area contributed by atoms with E-state index in [0.717, 1.165) is 4.57 Å². The molecule has 0 unspecified atom stereocenters. The fourth-order valence-corrected chi connectivity index (χ4v) is 1.00. The van der Waals surface area contributed by atoms with Gasteiger partial charge in [0, 0.05) is 18.7 Å². The van der Waals surface area contributed by atoms with E-state index in [2.05, 4.69) is 0 Å². The Labute approximate surface area is 67.7 Å². The zero-order valence-electron chi connectivity index (χ0n) is 6.75. The van der Waals surface area contributed by atoms with Crippen molar-refractivity contribution in [3.05, 3.63) is 32.6 Å². The lowest BCUT2D eigenvalue weighted by atomic mass is 10.4. The van der Waals surface area contributed by atoms with Gasteiger partial charge in [0.25, 0.3) is 5.56 Å². The topological polar surface area (TPSA) is 71.9 Å². The summed E-state index contributed by atoms with van der Waals surface area (Å²) < 4.78 is 0.904. The van der Waals surface area contributed by atoms with Crippen molar-refractivity contribution in [1.29, 1.82) is 0 Å². The summed E-state index contributed by atoms with van der Waals surface area (Å²) in [7, 11) is 0. The highest BCUT2D eigenvalue weighted by molar-refractivity contribution is 5.76. The SMILES string of the molecule is CC(=O)n1c(C)cc(=O)[nH]c1=O. The number of carbonyl (C=O) groups excluding carboxylic acids is 1. The van der Waals surface area contributed by atoms with Crippen LogP contribution in [0.1, 0.15) is 17.4 Å². The molecular weight excluding hydrogens is 160 g/mol. The Morgan fingerprint density at radius 3 is 2.50 bits per heavy atom. The lowest BCUT2D eigenvalue weighted by Crippen LogP contribution is -2.33. The third kappa shape index (κ3) is 1.34. The molecule has 12 heavy (non-hydrogen) atoms. The number of aromatic amines is 1. The minimum absolute atomic E-state index is 0.344. The van der Waals surface area contributed by atoms with Crippen molar-refractivity contribution in [1.82, 2.24) is 9.55 Å². The molecule has 0 aliphatic heterocycles. The molecule has 5 nitrogen and oxygen atoms in total. The Hall–Kier alpha value is -1.65. The average Bonchev–Trinajstić information content (AvgIpc) is 1.82. The van der Waals surface area contributed by atoms with Gasteiger partial charge in [-0.2, -0.15) is 0 Å². The van der Waals surface area contributed by atoms with Crippen LogP contribution in [0.15, 0.2) is 15.7 Å². The molecule has 1 N–H and O–H groups in total. The summed E-state index contributed by atoms with van der Waals surface area (Å²) in [5.74, 6) is -0.409. The van der Waals surface area contributed by atoms with Crippen molar-refractivity contribution in [2.24, 2.45) is 0 Å². The van der Waals surface area contributed by atoms with Gasteiger partial charge in [-0.25, -0.2) is 9.36 Å². The molecule has 1 rings (SSSR count). The van der Waals surface area contributed by atoms with E-state index in [-0.39, 0.29) is 0 Å². The maximum absolute atomic E-state index is 11.0. The van der Waals surface area contributed by atoms with Gasteiger partial charge in [0.1, 0.15) is 0 Å². The van der Waals surface area contributed by atoms with Crippen molar-refractivity contribution < 1.29 is 4.79 Å². The van der Waals surface area contributed by atoms with Crippen LogP contribution >= 0.6 is 0 Å². The maximum atomic E-state index is 11.0. The molecule has 0 spiro atoms. The van der Waals surface area contributed by atoms with Crippen molar-refractivity contribution in [3.8, 4) is 0 Å². The Morgan fingerprint density at radius 2 is 2.08 bits per heavy atom. The van der Waals surface area contributed by atoms with Gasteiger partial charge in [0.2, 0.25) is 5.91 Å². The van der Waals surface area contributed by atoms with Gasteiger partial charge in [0.15, 0.2) is 0 Å². The summed E-state index contributed by atoms with van der Waals surface area (Å²) in [5.41, 5.74) is -0.834. The van der Waals surface area contributed by atoms with Crippen LogP contribution in [0.4, 0.5) is 0 Å². The van der Waals surface area contributed by atoms with Crippen LogP contribution < -0.4 is 11.2 Å². The second-order valence-corrected chi connectivity index (χ2v) is 2.43. The Kier molecular flexibility index (Phi) is 1.95. The van der Waals surface area contributed by atoms with Gasteiger partial charge in [-0.05, 0) is 6.92 Å². The molecular formula is C7H8N2O3. The molecule has 1 heterocycles.